The van der Waals surface area contributed by atoms with Crippen LogP contribution in [0.3, 0.4) is 0 Å². The third-order valence-electron chi connectivity index (χ3n) is 5.39. The van der Waals surface area contributed by atoms with Crippen LogP contribution in [0.1, 0.15) is 34.2 Å². The highest BCUT2D eigenvalue weighted by atomic mass is 16.5. The molecule has 150 valence electrons. The lowest BCUT2D eigenvalue weighted by molar-refractivity contribution is -0.116. The molecule has 1 aliphatic rings. The van der Waals surface area contributed by atoms with Gasteiger partial charge >= 0.3 is 0 Å². The Balaban J connectivity index is 1.60. The van der Waals surface area contributed by atoms with Gasteiger partial charge in [0.1, 0.15) is 0 Å². The van der Waals surface area contributed by atoms with E-state index in [0.717, 1.165) is 54.4 Å². The van der Waals surface area contributed by atoms with E-state index in [1.54, 1.807) is 14.2 Å². The van der Waals surface area contributed by atoms with E-state index in [-0.39, 0.29) is 5.91 Å². The number of nitrogens with zero attached hydrogens (tertiary/aromatic N) is 1. The minimum Gasteiger partial charge on any atom is -0.493 e. The van der Waals surface area contributed by atoms with Gasteiger partial charge in [0, 0.05) is 31.7 Å². The molecule has 2 aromatic carbocycles. The molecule has 0 unspecified atom stereocenters. The molecule has 0 radical (unpaired) electrons. The van der Waals surface area contributed by atoms with Crippen molar-refractivity contribution in [2.24, 2.45) is 0 Å². The minimum atomic E-state index is 0.0631. The quantitative estimate of drug-likeness (QED) is 0.820. The van der Waals surface area contributed by atoms with Crippen LogP contribution < -0.4 is 14.8 Å². The largest absolute Gasteiger partial charge is 0.493 e. The Morgan fingerprint density at radius 3 is 2.21 bits per heavy atom. The molecular weight excluding hydrogens is 352 g/mol. The number of ether oxygens (including phenoxy) is 2. The molecule has 1 N–H and O–H groups in total. The Bertz CT molecular complexity index is 853. The summed E-state index contributed by atoms with van der Waals surface area (Å²) in [5, 5.41) is 3.10. The molecule has 3 rings (SSSR count). The van der Waals surface area contributed by atoms with Gasteiger partial charge in [0.15, 0.2) is 11.5 Å². The highest BCUT2D eigenvalue weighted by Crippen LogP contribution is 2.33. The second kappa shape index (κ2) is 8.65. The molecule has 0 spiro atoms. The molecule has 0 bridgehead atoms. The zero-order chi connectivity index (χ0) is 20.3. The summed E-state index contributed by atoms with van der Waals surface area (Å²) in [7, 11) is 3.32. The van der Waals surface area contributed by atoms with E-state index < -0.39 is 0 Å². The summed E-state index contributed by atoms with van der Waals surface area (Å²) in [5.41, 5.74) is 6.92. The van der Waals surface area contributed by atoms with Gasteiger partial charge in [-0.2, -0.15) is 0 Å². The number of fused-ring (bicyclic) bond motifs is 1. The van der Waals surface area contributed by atoms with Crippen molar-refractivity contribution < 1.29 is 14.3 Å². The molecule has 2 aromatic rings. The smallest absolute Gasteiger partial charge is 0.225 e. The second-order valence-electron chi connectivity index (χ2n) is 7.57. The molecule has 5 heteroatoms. The fourth-order valence-electron chi connectivity index (χ4n) is 3.97. The van der Waals surface area contributed by atoms with Gasteiger partial charge < -0.3 is 14.8 Å². The van der Waals surface area contributed by atoms with Gasteiger partial charge in [-0.15, -0.1) is 0 Å². The summed E-state index contributed by atoms with van der Waals surface area (Å²) in [5.74, 6) is 1.59. The highest BCUT2D eigenvalue weighted by Gasteiger charge is 2.20. The van der Waals surface area contributed by atoms with Crippen LogP contribution in [0, 0.1) is 20.8 Å². The predicted molar refractivity (Wildman–Crippen MR) is 112 cm³/mol. The number of aryl methyl sites for hydroxylation is 3. The van der Waals surface area contributed by atoms with Crippen LogP contribution in [0.5, 0.6) is 11.5 Å². The average molecular weight is 383 g/mol. The van der Waals surface area contributed by atoms with Gasteiger partial charge in [0.2, 0.25) is 5.91 Å². The summed E-state index contributed by atoms with van der Waals surface area (Å²) < 4.78 is 10.8. The fraction of sp³-hybridized carbons (Fsp3) is 0.435. The van der Waals surface area contributed by atoms with E-state index in [1.165, 1.54) is 16.7 Å². The van der Waals surface area contributed by atoms with Crippen LogP contribution in [0.25, 0.3) is 0 Å². The van der Waals surface area contributed by atoms with E-state index in [1.807, 2.05) is 13.8 Å². The van der Waals surface area contributed by atoms with Crippen molar-refractivity contribution in [1.82, 2.24) is 4.90 Å². The van der Waals surface area contributed by atoms with E-state index in [9.17, 15) is 4.79 Å². The maximum absolute atomic E-state index is 12.5. The van der Waals surface area contributed by atoms with Crippen LogP contribution in [0.4, 0.5) is 5.69 Å². The average Bonchev–Trinajstić information content (AvgIpc) is 2.67. The molecule has 0 fully saturated rings. The number of carbonyl (C=O) groups excluding carboxylic acids is 1. The molecule has 0 saturated carbocycles. The van der Waals surface area contributed by atoms with Crippen LogP contribution in [0.2, 0.25) is 0 Å². The first-order valence-corrected chi connectivity index (χ1v) is 9.75. The maximum Gasteiger partial charge on any atom is 0.225 e. The maximum atomic E-state index is 12.5. The van der Waals surface area contributed by atoms with Gasteiger partial charge in [-0.25, -0.2) is 0 Å². The standard InChI is InChI=1S/C23H30N2O3/c1-15-10-16(2)23(17(3)11-15)24-22(26)7-9-25-8-6-18-12-20(27-4)21(28-5)13-19(18)14-25/h10-13H,6-9,14H2,1-5H3,(H,24,26). The molecule has 0 atom stereocenters. The summed E-state index contributed by atoms with van der Waals surface area (Å²) in [6.45, 7) is 8.66. The molecule has 1 amide bonds. The zero-order valence-corrected chi connectivity index (χ0v) is 17.5. The lowest BCUT2D eigenvalue weighted by atomic mass is 9.98. The first-order chi connectivity index (χ1) is 13.4. The number of carbonyl (C=O) groups is 1. The Hall–Kier alpha value is -2.53. The number of benzene rings is 2. The van der Waals surface area contributed by atoms with Crippen molar-refractivity contribution in [3.63, 3.8) is 0 Å². The van der Waals surface area contributed by atoms with Gasteiger partial charge in [-0.1, -0.05) is 17.7 Å². The van der Waals surface area contributed by atoms with Crippen LogP contribution in [0.15, 0.2) is 24.3 Å². The van der Waals surface area contributed by atoms with Crippen molar-refractivity contribution in [1.29, 1.82) is 0 Å². The molecule has 0 aromatic heterocycles. The third-order valence-corrected chi connectivity index (χ3v) is 5.39. The SMILES string of the molecule is COc1cc2c(cc1OC)CN(CCC(=O)Nc1c(C)cc(C)cc1C)CC2. The third kappa shape index (κ3) is 4.47. The van der Waals surface area contributed by atoms with Gasteiger partial charge in [-0.3, -0.25) is 9.69 Å². The normalized spacial score (nSPS) is 13.8. The van der Waals surface area contributed by atoms with E-state index >= 15 is 0 Å². The monoisotopic (exact) mass is 382 g/mol. The van der Waals surface area contributed by atoms with Crippen molar-refractivity contribution in [2.75, 3.05) is 32.6 Å². The first kappa shape index (κ1) is 20.2. The molecule has 1 heterocycles. The molecule has 0 aliphatic carbocycles. The van der Waals surface area contributed by atoms with Crippen LogP contribution in [-0.2, 0) is 17.8 Å². The van der Waals surface area contributed by atoms with Crippen molar-refractivity contribution in [3.8, 4) is 11.5 Å². The first-order valence-electron chi connectivity index (χ1n) is 9.75. The van der Waals surface area contributed by atoms with Gasteiger partial charge in [0.25, 0.3) is 0 Å². The number of hydrogen-bond donors (Lipinski definition) is 1. The molecular formula is C23H30N2O3. The number of anilines is 1. The molecule has 5 nitrogen and oxygen atoms in total. The summed E-state index contributed by atoms with van der Waals surface area (Å²) >= 11 is 0. The van der Waals surface area contributed by atoms with Crippen molar-refractivity contribution in [2.45, 2.75) is 40.2 Å². The predicted octanol–water partition coefficient (Wildman–Crippen LogP) is 4.02. The topological polar surface area (TPSA) is 50.8 Å². The number of rotatable bonds is 6. The summed E-state index contributed by atoms with van der Waals surface area (Å²) in [6.07, 6.45) is 1.43. The fourth-order valence-corrected chi connectivity index (χ4v) is 3.97. The van der Waals surface area contributed by atoms with E-state index in [0.29, 0.717) is 6.42 Å². The van der Waals surface area contributed by atoms with E-state index in [4.69, 9.17) is 9.47 Å². The Kier molecular flexibility index (Phi) is 6.25. The Morgan fingerprint density at radius 2 is 1.61 bits per heavy atom. The lowest BCUT2D eigenvalue weighted by Gasteiger charge is -2.29. The van der Waals surface area contributed by atoms with Crippen LogP contribution >= 0.6 is 0 Å². The van der Waals surface area contributed by atoms with Gasteiger partial charge in [0.05, 0.1) is 14.2 Å². The molecule has 1 aliphatic heterocycles. The Morgan fingerprint density at radius 1 is 1.00 bits per heavy atom. The second-order valence-corrected chi connectivity index (χ2v) is 7.57. The molecule has 0 saturated heterocycles. The minimum absolute atomic E-state index is 0.0631. The van der Waals surface area contributed by atoms with E-state index in [2.05, 4.69) is 41.4 Å². The van der Waals surface area contributed by atoms with Gasteiger partial charge in [-0.05, 0) is 61.6 Å². The zero-order valence-electron chi connectivity index (χ0n) is 17.5. The number of hydrogen-bond acceptors (Lipinski definition) is 4. The lowest BCUT2D eigenvalue weighted by Crippen LogP contribution is -2.33. The Labute approximate surface area is 167 Å². The van der Waals surface area contributed by atoms with Crippen molar-refractivity contribution >= 4 is 11.6 Å². The highest BCUT2D eigenvalue weighted by molar-refractivity contribution is 5.92. The number of methoxy groups -OCH3 is 2. The number of nitrogens with one attached hydrogen (secondary N) is 1. The summed E-state index contributed by atoms with van der Waals surface area (Å²) in [4.78, 5) is 14.8. The van der Waals surface area contributed by atoms with Crippen LogP contribution in [-0.4, -0.2) is 38.1 Å². The number of amides is 1. The molecule has 28 heavy (non-hydrogen) atoms. The van der Waals surface area contributed by atoms with Crippen molar-refractivity contribution in [3.05, 3.63) is 52.1 Å². The summed E-state index contributed by atoms with van der Waals surface area (Å²) in [6, 6.07) is 8.33.